The molecule has 1 aliphatic carbocycles. The van der Waals surface area contributed by atoms with Gasteiger partial charge in [0.2, 0.25) is 17.7 Å². The number of aromatic nitrogens is 2. The van der Waals surface area contributed by atoms with Gasteiger partial charge in [-0.15, -0.1) is 0 Å². The zero-order valence-corrected chi connectivity index (χ0v) is 26.8. The Balaban J connectivity index is 1.28. The molecular weight excluding hydrogens is 626 g/mol. The van der Waals surface area contributed by atoms with Crippen molar-refractivity contribution in [3.63, 3.8) is 0 Å². The van der Waals surface area contributed by atoms with Crippen LogP contribution in [-0.2, 0) is 23.9 Å². The number of aliphatic carboxylic acids is 1. The number of rotatable bonds is 13. The van der Waals surface area contributed by atoms with Crippen LogP contribution in [0.2, 0.25) is 0 Å². The number of carboxylic acid groups (broad SMARTS) is 1. The van der Waals surface area contributed by atoms with Crippen LogP contribution >= 0.6 is 0 Å². The number of carbonyl (C=O) groups excluding carboxylic acids is 5. The van der Waals surface area contributed by atoms with Gasteiger partial charge in [-0.2, -0.15) is 5.10 Å². The fourth-order valence-electron chi connectivity index (χ4n) is 5.72. The number of para-hydroxylation sites is 1. The molecule has 1 aromatic carbocycles. The van der Waals surface area contributed by atoms with E-state index in [2.05, 4.69) is 15.7 Å². The van der Waals surface area contributed by atoms with Crippen LogP contribution in [-0.4, -0.2) is 129 Å². The van der Waals surface area contributed by atoms with E-state index in [1.165, 1.54) is 25.4 Å². The molecule has 2 aromatic rings. The number of piperazine rings is 1. The van der Waals surface area contributed by atoms with E-state index >= 15 is 0 Å². The maximum absolute atomic E-state index is 13.5. The van der Waals surface area contributed by atoms with Gasteiger partial charge in [0.05, 0.1) is 12.3 Å². The fourth-order valence-corrected chi connectivity index (χ4v) is 5.72. The Morgan fingerprint density at radius 1 is 0.979 bits per heavy atom. The quantitative estimate of drug-likeness (QED) is 0.275. The molecular formula is C32H41N7O9. The smallest absolute Gasteiger partial charge is 0.409 e. The lowest BCUT2D eigenvalue weighted by atomic mass is 10.1. The van der Waals surface area contributed by atoms with Gasteiger partial charge < -0.3 is 39.9 Å². The first-order chi connectivity index (χ1) is 23.1. The second kappa shape index (κ2) is 15.6. The molecule has 3 N–H and O–H groups in total. The number of ether oxygens (including phenoxy) is 2. The monoisotopic (exact) mass is 667 g/mol. The molecule has 2 saturated heterocycles. The van der Waals surface area contributed by atoms with Crippen molar-refractivity contribution in [2.24, 2.45) is 0 Å². The summed E-state index contributed by atoms with van der Waals surface area (Å²) in [5.74, 6) is -2.81. The minimum absolute atomic E-state index is 0.0846. The molecule has 16 heteroatoms. The van der Waals surface area contributed by atoms with Gasteiger partial charge in [-0.3, -0.25) is 24.0 Å². The number of likely N-dealkylation sites (tertiary alicyclic amines) is 1. The van der Waals surface area contributed by atoms with Crippen molar-refractivity contribution in [3.05, 3.63) is 42.1 Å². The molecule has 5 amide bonds. The summed E-state index contributed by atoms with van der Waals surface area (Å²) >= 11 is 0. The van der Waals surface area contributed by atoms with Crippen molar-refractivity contribution < 1.29 is 43.3 Å². The summed E-state index contributed by atoms with van der Waals surface area (Å²) in [4.78, 5) is 80.8. The molecule has 5 rings (SSSR count). The fraction of sp³-hybridized carbons (Fsp3) is 0.531. The molecule has 16 nitrogen and oxygen atoms in total. The molecule has 48 heavy (non-hydrogen) atoms. The van der Waals surface area contributed by atoms with Crippen molar-refractivity contribution in [3.8, 4) is 11.6 Å². The summed E-state index contributed by atoms with van der Waals surface area (Å²) in [6.07, 6.45) is 2.14. The van der Waals surface area contributed by atoms with Crippen LogP contribution < -0.4 is 15.4 Å². The molecule has 3 aliphatic rings. The van der Waals surface area contributed by atoms with E-state index in [-0.39, 0.29) is 75.1 Å². The van der Waals surface area contributed by atoms with Gasteiger partial charge in [-0.05, 0) is 51.2 Å². The number of carbonyl (C=O) groups is 6. The SMILES string of the molecule is CCOC(=O)N1CCN(C(=O)[C@H](CCC(=O)O)NC(=O)c2cc(OCC(=O)N3CCC[C@H]3C(=O)NC3CC3)n(-c3ccccc3)n2)CC1. The molecule has 0 spiro atoms. The van der Waals surface area contributed by atoms with E-state index in [1.54, 1.807) is 37.3 Å². The van der Waals surface area contributed by atoms with Crippen LogP contribution in [0.4, 0.5) is 4.79 Å². The summed E-state index contributed by atoms with van der Waals surface area (Å²) < 4.78 is 12.3. The number of hydrogen-bond acceptors (Lipinski definition) is 9. The minimum Gasteiger partial charge on any atom is -0.481 e. The molecule has 0 radical (unpaired) electrons. The number of benzene rings is 1. The molecule has 3 heterocycles. The maximum atomic E-state index is 13.5. The van der Waals surface area contributed by atoms with Crippen molar-refractivity contribution in [2.75, 3.05) is 45.9 Å². The van der Waals surface area contributed by atoms with Crippen LogP contribution in [0.3, 0.4) is 0 Å². The standard InChI is InChI=1S/C32H41N7O9/c1-2-47-32(46)37-17-15-36(16-18-37)31(45)23(12-13-28(41)42)34-29(43)24-19-27(39(35-24)22-7-4-3-5-8-22)48-20-26(40)38-14-6-9-25(38)30(44)33-21-10-11-21/h3-5,7-8,19,21,23,25H,2,6,9-18,20H2,1H3,(H,33,44)(H,34,43)(H,41,42)/t23-,25-/m0/s1. The number of hydrogen-bond donors (Lipinski definition) is 3. The largest absolute Gasteiger partial charge is 0.481 e. The first-order valence-corrected chi connectivity index (χ1v) is 16.3. The first-order valence-electron chi connectivity index (χ1n) is 16.3. The van der Waals surface area contributed by atoms with Gasteiger partial charge in [0.25, 0.3) is 11.8 Å². The second-order valence-corrected chi connectivity index (χ2v) is 11.9. The van der Waals surface area contributed by atoms with Crippen LogP contribution in [0, 0.1) is 0 Å². The summed E-state index contributed by atoms with van der Waals surface area (Å²) in [6.45, 7) is 2.79. The van der Waals surface area contributed by atoms with Crippen molar-refractivity contribution in [1.29, 1.82) is 0 Å². The molecule has 0 bridgehead atoms. The highest BCUT2D eigenvalue weighted by molar-refractivity contribution is 5.96. The average Bonchev–Trinajstić information content (AvgIpc) is 3.57. The lowest BCUT2D eigenvalue weighted by Gasteiger charge is -2.35. The highest BCUT2D eigenvalue weighted by atomic mass is 16.6. The van der Waals surface area contributed by atoms with E-state index in [1.807, 2.05) is 0 Å². The number of carboxylic acids is 1. The Hall–Kier alpha value is -5.15. The molecule has 1 saturated carbocycles. The zero-order valence-electron chi connectivity index (χ0n) is 26.8. The molecule has 2 atom stereocenters. The minimum atomic E-state index is -1.18. The summed E-state index contributed by atoms with van der Waals surface area (Å²) in [5, 5.41) is 19.3. The second-order valence-electron chi connectivity index (χ2n) is 11.9. The predicted octanol–water partition coefficient (Wildman–Crippen LogP) is 0.785. The Bertz CT molecular complexity index is 1500. The first kappa shape index (κ1) is 34.2. The third-order valence-corrected chi connectivity index (χ3v) is 8.42. The zero-order chi connectivity index (χ0) is 34.2. The van der Waals surface area contributed by atoms with E-state index in [4.69, 9.17) is 9.47 Å². The Labute approximate surface area is 277 Å². The van der Waals surface area contributed by atoms with Gasteiger partial charge >= 0.3 is 12.1 Å². The Kier molecular flexibility index (Phi) is 11.1. The number of nitrogens with one attached hydrogen (secondary N) is 2. The van der Waals surface area contributed by atoms with Crippen LogP contribution in [0.15, 0.2) is 36.4 Å². The van der Waals surface area contributed by atoms with E-state index in [0.29, 0.717) is 25.1 Å². The predicted molar refractivity (Wildman–Crippen MR) is 168 cm³/mol. The van der Waals surface area contributed by atoms with E-state index < -0.39 is 42.6 Å². The van der Waals surface area contributed by atoms with Crippen LogP contribution in [0.1, 0.15) is 55.9 Å². The van der Waals surface area contributed by atoms with Crippen molar-refractivity contribution in [2.45, 2.75) is 63.6 Å². The Morgan fingerprint density at radius 2 is 1.69 bits per heavy atom. The normalized spacial score (nSPS) is 18.2. The molecule has 2 aliphatic heterocycles. The molecule has 3 fully saturated rings. The lowest BCUT2D eigenvalue weighted by Crippen LogP contribution is -2.56. The van der Waals surface area contributed by atoms with E-state index in [9.17, 15) is 33.9 Å². The van der Waals surface area contributed by atoms with Crippen LogP contribution in [0.5, 0.6) is 5.88 Å². The summed E-state index contributed by atoms with van der Waals surface area (Å²) in [7, 11) is 0. The summed E-state index contributed by atoms with van der Waals surface area (Å²) in [6, 6.07) is 8.58. The van der Waals surface area contributed by atoms with Gasteiger partial charge in [-0.1, -0.05) is 18.2 Å². The van der Waals surface area contributed by atoms with Crippen molar-refractivity contribution in [1.82, 2.24) is 35.1 Å². The third-order valence-electron chi connectivity index (χ3n) is 8.42. The van der Waals surface area contributed by atoms with Gasteiger partial charge in [-0.25, -0.2) is 9.48 Å². The van der Waals surface area contributed by atoms with Gasteiger partial charge in [0.15, 0.2) is 12.3 Å². The van der Waals surface area contributed by atoms with Gasteiger partial charge in [0, 0.05) is 51.3 Å². The maximum Gasteiger partial charge on any atom is 0.409 e. The van der Waals surface area contributed by atoms with E-state index in [0.717, 1.165) is 12.8 Å². The average molecular weight is 668 g/mol. The molecule has 0 unspecified atom stereocenters. The highest BCUT2D eigenvalue weighted by Crippen LogP contribution is 2.24. The lowest BCUT2D eigenvalue weighted by molar-refractivity contribution is -0.140. The van der Waals surface area contributed by atoms with Gasteiger partial charge in [0.1, 0.15) is 12.1 Å². The topological polar surface area (TPSA) is 193 Å². The summed E-state index contributed by atoms with van der Waals surface area (Å²) in [5.41, 5.74) is 0.421. The Morgan fingerprint density at radius 3 is 2.35 bits per heavy atom. The number of amides is 5. The molecule has 1 aromatic heterocycles. The third kappa shape index (κ3) is 8.60. The number of nitrogens with zero attached hydrogens (tertiary/aromatic N) is 5. The molecule has 258 valence electrons. The van der Waals surface area contributed by atoms with Crippen molar-refractivity contribution >= 4 is 35.7 Å². The van der Waals surface area contributed by atoms with Crippen LogP contribution in [0.25, 0.3) is 5.69 Å². The highest BCUT2D eigenvalue weighted by Gasteiger charge is 2.37.